The molecule has 0 atom stereocenters. The molecule has 1 aliphatic rings. The van der Waals surface area contributed by atoms with Crippen molar-refractivity contribution >= 4 is 28.0 Å². The monoisotopic (exact) mass is 376 g/mol. The minimum Gasteiger partial charge on any atom is -0.497 e. The SMILES string of the molecule is COc1ccc(N(c2ccc(C)cc2)c2ccc([S+]3CCCC3)cc2)cc1. The number of nitrogens with zero attached hydrogens (tertiary/aromatic N) is 1. The van der Waals surface area contributed by atoms with Crippen LogP contribution in [0.2, 0.25) is 0 Å². The molecule has 27 heavy (non-hydrogen) atoms. The van der Waals surface area contributed by atoms with E-state index in [1.807, 2.05) is 12.1 Å². The number of hydrogen-bond donors (Lipinski definition) is 0. The van der Waals surface area contributed by atoms with Gasteiger partial charge in [-0.2, -0.15) is 0 Å². The van der Waals surface area contributed by atoms with E-state index in [-0.39, 0.29) is 0 Å². The van der Waals surface area contributed by atoms with Gasteiger partial charge in [0.2, 0.25) is 0 Å². The fraction of sp³-hybridized carbons (Fsp3) is 0.250. The number of methoxy groups -OCH3 is 1. The lowest BCUT2D eigenvalue weighted by atomic mass is 10.1. The second kappa shape index (κ2) is 8.10. The molecule has 0 saturated carbocycles. The molecule has 2 nitrogen and oxygen atoms in total. The lowest BCUT2D eigenvalue weighted by Crippen LogP contribution is -2.10. The quantitative estimate of drug-likeness (QED) is 0.488. The van der Waals surface area contributed by atoms with Crippen molar-refractivity contribution < 1.29 is 4.74 Å². The van der Waals surface area contributed by atoms with Gasteiger partial charge >= 0.3 is 0 Å². The van der Waals surface area contributed by atoms with Crippen molar-refractivity contribution in [3.8, 4) is 5.75 Å². The molecule has 1 aliphatic heterocycles. The Labute approximate surface area is 165 Å². The van der Waals surface area contributed by atoms with Gasteiger partial charge < -0.3 is 9.64 Å². The van der Waals surface area contributed by atoms with E-state index in [0.717, 1.165) is 11.4 Å². The zero-order valence-electron chi connectivity index (χ0n) is 16.0. The normalized spacial score (nSPS) is 14.3. The fourth-order valence-electron chi connectivity index (χ4n) is 3.55. The van der Waals surface area contributed by atoms with Crippen LogP contribution in [0.1, 0.15) is 18.4 Å². The molecule has 0 unspecified atom stereocenters. The molecule has 4 rings (SSSR count). The summed E-state index contributed by atoms with van der Waals surface area (Å²) < 4.78 is 5.33. The highest BCUT2D eigenvalue weighted by Gasteiger charge is 2.26. The van der Waals surface area contributed by atoms with Crippen LogP contribution in [0.3, 0.4) is 0 Å². The number of benzene rings is 3. The number of anilines is 3. The highest BCUT2D eigenvalue weighted by atomic mass is 32.2. The first kappa shape index (κ1) is 18.0. The van der Waals surface area contributed by atoms with E-state index in [2.05, 4.69) is 72.5 Å². The van der Waals surface area contributed by atoms with Crippen molar-refractivity contribution in [1.82, 2.24) is 0 Å². The summed E-state index contributed by atoms with van der Waals surface area (Å²) in [5.74, 6) is 3.60. The third kappa shape index (κ3) is 3.98. The fourth-order valence-corrected chi connectivity index (χ4v) is 5.85. The minimum atomic E-state index is 0.456. The Bertz CT molecular complexity index is 866. The first-order chi connectivity index (χ1) is 13.2. The van der Waals surface area contributed by atoms with Crippen molar-refractivity contribution in [1.29, 1.82) is 0 Å². The standard InChI is InChI=1S/C24H26NOS/c1-19-5-7-20(8-6-19)25(21-9-13-23(26-2)14-10-21)22-11-15-24(16-12-22)27-17-3-4-18-27/h5-16H,3-4,17-18H2,1-2H3/q+1. The summed E-state index contributed by atoms with van der Waals surface area (Å²) in [7, 11) is 2.16. The first-order valence-electron chi connectivity index (χ1n) is 9.53. The molecule has 0 radical (unpaired) electrons. The van der Waals surface area contributed by atoms with Gasteiger partial charge in [0.15, 0.2) is 4.90 Å². The lowest BCUT2D eigenvalue weighted by Gasteiger charge is -2.25. The molecule has 0 amide bonds. The second-order valence-electron chi connectivity index (χ2n) is 6.97. The summed E-state index contributed by atoms with van der Waals surface area (Å²) in [6.45, 7) is 2.12. The van der Waals surface area contributed by atoms with E-state index < -0.39 is 0 Å². The van der Waals surface area contributed by atoms with Crippen LogP contribution in [0.5, 0.6) is 5.75 Å². The molecule has 0 aliphatic carbocycles. The van der Waals surface area contributed by atoms with Crippen LogP contribution in [0.15, 0.2) is 77.7 Å². The van der Waals surface area contributed by atoms with E-state index >= 15 is 0 Å². The molecule has 138 valence electrons. The summed E-state index contributed by atoms with van der Waals surface area (Å²) in [4.78, 5) is 3.82. The maximum Gasteiger partial charge on any atom is 0.155 e. The molecule has 3 aromatic carbocycles. The van der Waals surface area contributed by atoms with Crippen molar-refractivity contribution in [2.45, 2.75) is 24.7 Å². The predicted octanol–water partition coefficient (Wildman–Crippen LogP) is 6.24. The van der Waals surface area contributed by atoms with Gasteiger partial charge in [0.05, 0.1) is 7.11 Å². The van der Waals surface area contributed by atoms with E-state index in [9.17, 15) is 0 Å². The molecule has 1 heterocycles. The number of hydrogen-bond acceptors (Lipinski definition) is 2. The van der Waals surface area contributed by atoms with Crippen LogP contribution in [0, 0.1) is 6.92 Å². The average molecular weight is 377 g/mol. The van der Waals surface area contributed by atoms with Gasteiger partial charge in [-0.25, -0.2) is 0 Å². The Morgan fingerprint density at radius 1 is 0.704 bits per heavy atom. The van der Waals surface area contributed by atoms with E-state index in [0.29, 0.717) is 10.9 Å². The molecule has 3 aromatic rings. The van der Waals surface area contributed by atoms with Crippen LogP contribution < -0.4 is 9.64 Å². The zero-order chi connectivity index (χ0) is 18.6. The molecule has 0 N–H and O–H groups in total. The van der Waals surface area contributed by atoms with Gasteiger partial charge in [0, 0.05) is 28.0 Å². The van der Waals surface area contributed by atoms with Gasteiger partial charge in [0.25, 0.3) is 0 Å². The van der Waals surface area contributed by atoms with Gasteiger partial charge in [-0.1, -0.05) is 17.7 Å². The van der Waals surface area contributed by atoms with Gasteiger partial charge in [0.1, 0.15) is 17.3 Å². The Kier molecular flexibility index (Phi) is 5.40. The number of rotatable bonds is 5. The van der Waals surface area contributed by atoms with Crippen LogP contribution in [0.25, 0.3) is 0 Å². The van der Waals surface area contributed by atoms with Gasteiger partial charge in [-0.15, -0.1) is 0 Å². The van der Waals surface area contributed by atoms with Crippen molar-refractivity contribution in [2.75, 3.05) is 23.5 Å². The van der Waals surface area contributed by atoms with E-state index in [1.54, 1.807) is 7.11 Å². The predicted molar refractivity (Wildman–Crippen MR) is 117 cm³/mol. The summed E-state index contributed by atoms with van der Waals surface area (Å²) >= 11 is 0. The second-order valence-corrected chi connectivity index (χ2v) is 9.24. The Morgan fingerprint density at radius 3 is 1.70 bits per heavy atom. The van der Waals surface area contributed by atoms with Crippen molar-refractivity contribution in [2.24, 2.45) is 0 Å². The molecule has 0 spiro atoms. The molecule has 3 heteroatoms. The smallest absolute Gasteiger partial charge is 0.155 e. The topological polar surface area (TPSA) is 12.5 Å². The van der Waals surface area contributed by atoms with Gasteiger partial charge in [-0.05, 0) is 80.4 Å². The Balaban J connectivity index is 1.71. The molecular weight excluding hydrogens is 350 g/mol. The minimum absolute atomic E-state index is 0.456. The van der Waals surface area contributed by atoms with E-state index in [4.69, 9.17) is 4.74 Å². The summed E-state index contributed by atoms with van der Waals surface area (Å²) in [6, 6.07) is 26.2. The summed E-state index contributed by atoms with van der Waals surface area (Å²) in [6.07, 6.45) is 2.76. The van der Waals surface area contributed by atoms with Crippen LogP contribution in [0.4, 0.5) is 17.1 Å². The van der Waals surface area contributed by atoms with E-state index in [1.165, 1.54) is 46.2 Å². The average Bonchev–Trinajstić information content (AvgIpc) is 3.26. The molecule has 1 fully saturated rings. The Morgan fingerprint density at radius 2 is 1.19 bits per heavy atom. The van der Waals surface area contributed by atoms with Crippen molar-refractivity contribution in [3.05, 3.63) is 78.4 Å². The molecule has 1 saturated heterocycles. The summed E-state index contributed by atoms with van der Waals surface area (Å²) in [5, 5.41) is 0. The van der Waals surface area contributed by atoms with Gasteiger partial charge in [-0.3, -0.25) is 0 Å². The van der Waals surface area contributed by atoms with Crippen LogP contribution in [-0.4, -0.2) is 18.6 Å². The largest absolute Gasteiger partial charge is 0.497 e. The lowest BCUT2D eigenvalue weighted by molar-refractivity contribution is 0.415. The highest BCUT2D eigenvalue weighted by molar-refractivity contribution is 7.97. The molecule has 0 bridgehead atoms. The third-order valence-electron chi connectivity index (χ3n) is 5.08. The van der Waals surface area contributed by atoms with Crippen LogP contribution >= 0.6 is 0 Å². The third-order valence-corrected chi connectivity index (χ3v) is 7.58. The maximum atomic E-state index is 5.33. The number of ether oxygens (including phenoxy) is 1. The summed E-state index contributed by atoms with van der Waals surface area (Å²) in [5.41, 5.74) is 4.76. The molecular formula is C24H26NOS+. The number of aryl methyl sites for hydroxylation is 1. The first-order valence-corrected chi connectivity index (χ1v) is 11.1. The zero-order valence-corrected chi connectivity index (χ0v) is 16.8. The maximum absolute atomic E-state index is 5.33. The van der Waals surface area contributed by atoms with Crippen LogP contribution in [-0.2, 0) is 10.9 Å². The Hall–Kier alpha value is -2.39. The van der Waals surface area contributed by atoms with Crippen molar-refractivity contribution in [3.63, 3.8) is 0 Å². The molecule has 0 aromatic heterocycles. The highest BCUT2D eigenvalue weighted by Crippen LogP contribution is 2.36.